The van der Waals surface area contributed by atoms with Gasteiger partial charge in [0.05, 0.1) is 17.1 Å². The van der Waals surface area contributed by atoms with E-state index in [2.05, 4.69) is 0 Å². The summed E-state index contributed by atoms with van der Waals surface area (Å²) >= 11 is 0. The Bertz CT molecular complexity index is 358. The first-order chi connectivity index (χ1) is 6.20. The maximum absolute atomic E-state index is 10.7. The maximum Gasteiger partial charge on any atom is 0.275 e. The van der Waals surface area contributed by atoms with Crippen LogP contribution in [0.1, 0.15) is 17.2 Å². The molecule has 0 aromatic heterocycles. The first-order valence-corrected chi connectivity index (χ1v) is 4.05. The van der Waals surface area contributed by atoms with E-state index in [9.17, 15) is 10.1 Å². The van der Waals surface area contributed by atoms with Crippen LogP contribution in [-0.2, 0) is 4.74 Å². The van der Waals surface area contributed by atoms with Gasteiger partial charge in [-0.25, -0.2) is 0 Å². The topological polar surface area (TPSA) is 55.7 Å². The van der Waals surface area contributed by atoms with Crippen molar-refractivity contribution in [3.63, 3.8) is 0 Å². The number of aryl methyl sites for hydroxylation is 1. The average Bonchev–Trinajstić information content (AvgIpc) is 2.86. The summed E-state index contributed by atoms with van der Waals surface area (Å²) < 4.78 is 5.06. The van der Waals surface area contributed by atoms with E-state index >= 15 is 0 Å². The highest BCUT2D eigenvalue weighted by Gasteiger charge is 2.33. The summed E-state index contributed by atoms with van der Waals surface area (Å²) in [6.45, 7) is 2.47. The predicted molar refractivity (Wildman–Crippen MR) is 46.5 cm³/mol. The van der Waals surface area contributed by atoms with E-state index in [-0.39, 0.29) is 16.7 Å². The number of ether oxygens (including phenoxy) is 1. The van der Waals surface area contributed by atoms with Gasteiger partial charge in [0.15, 0.2) is 0 Å². The smallest absolute Gasteiger partial charge is 0.275 e. The number of hydrogen-bond donors (Lipinski definition) is 0. The molecule has 1 aliphatic rings. The zero-order chi connectivity index (χ0) is 9.42. The molecule has 0 aliphatic carbocycles. The van der Waals surface area contributed by atoms with Crippen LogP contribution < -0.4 is 0 Å². The van der Waals surface area contributed by atoms with Crippen molar-refractivity contribution in [2.45, 2.75) is 13.0 Å². The van der Waals surface area contributed by atoms with E-state index in [1.165, 1.54) is 6.07 Å². The van der Waals surface area contributed by atoms with Crippen molar-refractivity contribution in [1.82, 2.24) is 0 Å². The highest BCUT2D eigenvalue weighted by Crippen LogP contribution is 2.37. The second kappa shape index (κ2) is 2.81. The molecule has 1 aromatic carbocycles. The van der Waals surface area contributed by atoms with E-state index in [1.807, 2.05) is 13.0 Å². The molecule has 1 atom stereocenters. The summed E-state index contributed by atoms with van der Waals surface area (Å²) in [5.41, 5.74) is 1.83. The molecule has 68 valence electrons. The summed E-state index contributed by atoms with van der Waals surface area (Å²) in [4.78, 5) is 10.3. The van der Waals surface area contributed by atoms with E-state index < -0.39 is 0 Å². The molecule has 0 spiro atoms. The van der Waals surface area contributed by atoms with Gasteiger partial charge in [-0.3, -0.25) is 10.1 Å². The largest absolute Gasteiger partial charge is 0.368 e. The van der Waals surface area contributed by atoms with E-state index in [1.54, 1.807) is 6.07 Å². The fourth-order valence-electron chi connectivity index (χ4n) is 1.46. The van der Waals surface area contributed by atoms with Crippen LogP contribution in [0.25, 0.3) is 0 Å². The third kappa shape index (κ3) is 1.40. The van der Waals surface area contributed by atoms with Crippen molar-refractivity contribution in [3.8, 4) is 0 Å². The van der Waals surface area contributed by atoms with Gasteiger partial charge in [0.1, 0.15) is 6.10 Å². The summed E-state index contributed by atoms with van der Waals surface area (Å²) in [7, 11) is 0. The lowest BCUT2D eigenvalue weighted by atomic mass is 10.0. The van der Waals surface area contributed by atoms with Crippen LogP contribution in [0, 0.1) is 17.0 Å². The second-order valence-corrected chi connectivity index (χ2v) is 3.09. The minimum Gasteiger partial charge on any atom is -0.368 e. The highest BCUT2D eigenvalue weighted by atomic mass is 16.6. The van der Waals surface area contributed by atoms with Gasteiger partial charge in [-0.2, -0.15) is 0 Å². The Morgan fingerprint density at radius 1 is 1.62 bits per heavy atom. The molecule has 4 nitrogen and oxygen atoms in total. The Balaban J connectivity index is 2.53. The van der Waals surface area contributed by atoms with Crippen LogP contribution in [0.3, 0.4) is 0 Å². The van der Waals surface area contributed by atoms with Gasteiger partial charge in [0.25, 0.3) is 5.69 Å². The fourth-order valence-corrected chi connectivity index (χ4v) is 1.46. The molecular weight excluding hydrogens is 170 g/mol. The summed E-state index contributed by atoms with van der Waals surface area (Å²) in [6.07, 6.45) is -0.0541. The first-order valence-electron chi connectivity index (χ1n) is 4.05. The highest BCUT2D eigenvalue weighted by molar-refractivity contribution is 5.47. The Morgan fingerprint density at radius 2 is 2.31 bits per heavy atom. The van der Waals surface area contributed by atoms with Crippen molar-refractivity contribution >= 4 is 5.69 Å². The van der Waals surface area contributed by atoms with Gasteiger partial charge in [-0.05, 0) is 12.5 Å². The lowest BCUT2D eigenvalue weighted by molar-refractivity contribution is -0.385. The number of rotatable bonds is 2. The number of epoxide rings is 1. The van der Waals surface area contributed by atoms with Crippen LogP contribution in [-0.4, -0.2) is 11.5 Å². The van der Waals surface area contributed by atoms with Gasteiger partial charge < -0.3 is 4.74 Å². The molecule has 1 unspecified atom stereocenters. The normalized spacial score (nSPS) is 19.9. The van der Waals surface area contributed by atoms with Crippen molar-refractivity contribution < 1.29 is 9.66 Å². The summed E-state index contributed by atoms with van der Waals surface area (Å²) in [6, 6.07) is 5.08. The van der Waals surface area contributed by atoms with Crippen LogP contribution in [0.4, 0.5) is 5.69 Å². The van der Waals surface area contributed by atoms with Gasteiger partial charge in [0, 0.05) is 6.07 Å². The lowest BCUT2D eigenvalue weighted by Gasteiger charge is -2.02. The number of hydrogen-bond acceptors (Lipinski definition) is 3. The van der Waals surface area contributed by atoms with Gasteiger partial charge in [-0.1, -0.05) is 12.1 Å². The molecule has 1 aromatic rings. The molecule has 1 aliphatic heterocycles. The van der Waals surface area contributed by atoms with Crippen molar-refractivity contribution in [2.75, 3.05) is 6.61 Å². The quantitative estimate of drug-likeness (QED) is 0.396. The number of nitro groups is 1. The summed E-state index contributed by atoms with van der Waals surface area (Å²) in [5, 5.41) is 10.7. The monoisotopic (exact) mass is 179 g/mol. The van der Waals surface area contributed by atoms with E-state index in [0.29, 0.717) is 6.61 Å². The minimum absolute atomic E-state index is 0.0541. The van der Waals surface area contributed by atoms with Crippen LogP contribution >= 0.6 is 0 Å². The zero-order valence-electron chi connectivity index (χ0n) is 7.19. The molecule has 0 saturated carbocycles. The first kappa shape index (κ1) is 8.19. The van der Waals surface area contributed by atoms with Crippen LogP contribution in [0.15, 0.2) is 18.2 Å². The summed E-state index contributed by atoms with van der Waals surface area (Å²) in [5.74, 6) is 0. The molecule has 1 heterocycles. The van der Waals surface area contributed by atoms with E-state index in [4.69, 9.17) is 4.74 Å². The van der Waals surface area contributed by atoms with Crippen LogP contribution in [0.2, 0.25) is 0 Å². The molecule has 1 fully saturated rings. The van der Waals surface area contributed by atoms with E-state index in [0.717, 1.165) is 11.1 Å². The molecule has 13 heavy (non-hydrogen) atoms. The average molecular weight is 179 g/mol. The van der Waals surface area contributed by atoms with Crippen LogP contribution in [0.5, 0.6) is 0 Å². The molecule has 0 bridgehead atoms. The molecular formula is C9H9NO3. The van der Waals surface area contributed by atoms with Crippen molar-refractivity contribution in [1.29, 1.82) is 0 Å². The maximum atomic E-state index is 10.7. The molecule has 0 amide bonds. The Morgan fingerprint density at radius 3 is 2.85 bits per heavy atom. The predicted octanol–water partition coefficient (Wildman–Crippen LogP) is 1.97. The molecule has 2 rings (SSSR count). The van der Waals surface area contributed by atoms with Crippen molar-refractivity contribution in [2.24, 2.45) is 0 Å². The third-order valence-corrected chi connectivity index (χ3v) is 2.15. The number of nitro benzene ring substituents is 1. The molecule has 0 radical (unpaired) electrons. The fraction of sp³-hybridized carbons (Fsp3) is 0.333. The molecule has 0 N–H and O–H groups in total. The van der Waals surface area contributed by atoms with Gasteiger partial charge in [-0.15, -0.1) is 0 Å². The molecule has 1 saturated heterocycles. The zero-order valence-corrected chi connectivity index (χ0v) is 7.19. The van der Waals surface area contributed by atoms with Gasteiger partial charge in [0.2, 0.25) is 0 Å². The second-order valence-electron chi connectivity index (χ2n) is 3.09. The number of benzene rings is 1. The SMILES string of the molecule is Cc1cccc([N+](=O)[O-])c1C1CO1. The standard InChI is InChI=1S/C9H9NO3/c1-6-3-2-4-7(10(11)12)9(6)8-5-13-8/h2-4,8H,5H2,1H3. The lowest BCUT2D eigenvalue weighted by Crippen LogP contribution is -1.96. The Hall–Kier alpha value is -1.42. The Kier molecular flexibility index (Phi) is 1.77. The minimum atomic E-state index is -0.357. The number of nitrogens with zero attached hydrogens (tertiary/aromatic N) is 1. The third-order valence-electron chi connectivity index (χ3n) is 2.15. The van der Waals surface area contributed by atoms with Gasteiger partial charge >= 0.3 is 0 Å². The molecule has 4 heteroatoms. The van der Waals surface area contributed by atoms with Crippen molar-refractivity contribution in [3.05, 3.63) is 39.4 Å². The Labute approximate surface area is 75.3 Å².